The topological polar surface area (TPSA) is 193 Å². The molecule has 4 heterocycles. The van der Waals surface area contributed by atoms with Crippen molar-refractivity contribution in [2.24, 2.45) is 11.8 Å². The number of benzene rings is 2. The van der Waals surface area contributed by atoms with E-state index < -0.39 is 47.6 Å². The lowest BCUT2D eigenvalue weighted by Crippen LogP contribution is -2.51. The second-order valence-electron chi connectivity index (χ2n) is 17.3. The highest BCUT2D eigenvalue weighted by Crippen LogP contribution is 2.52. The molecule has 2 aliphatic carbocycles. The molecule has 0 radical (unpaired) electrons. The van der Waals surface area contributed by atoms with Gasteiger partial charge in [0.05, 0.1) is 49.2 Å². The summed E-state index contributed by atoms with van der Waals surface area (Å²) in [4.78, 5) is 80.9. The molecule has 1 unspecified atom stereocenters. The van der Waals surface area contributed by atoms with Crippen molar-refractivity contribution in [1.29, 1.82) is 0 Å². The Morgan fingerprint density at radius 2 is 0.983 bits per heavy atom. The molecule has 4 atom stereocenters. The van der Waals surface area contributed by atoms with Gasteiger partial charge in [-0.05, 0) is 72.6 Å². The summed E-state index contributed by atoms with van der Waals surface area (Å²) in [5.74, 6) is 0.206. The summed E-state index contributed by atoms with van der Waals surface area (Å²) in [5.41, 5.74) is 4.75. The van der Waals surface area contributed by atoms with Crippen molar-refractivity contribution in [3.8, 4) is 33.6 Å². The van der Waals surface area contributed by atoms with Crippen LogP contribution < -0.4 is 10.6 Å². The molecular formula is C44H54N8O8. The molecule has 0 bridgehead atoms. The van der Waals surface area contributed by atoms with E-state index in [4.69, 9.17) is 29.1 Å². The van der Waals surface area contributed by atoms with Crippen LogP contribution in [0.4, 0.5) is 9.59 Å². The fraction of sp³-hybridized carbons (Fsp3) is 0.500. The summed E-state index contributed by atoms with van der Waals surface area (Å²) in [7, 11) is 2.55. The van der Waals surface area contributed by atoms with Crippen molar-refractivity contribution in [3.05, 3.63) is 72.6 Å². The van der Waals surface area contributed by atoms with Gasteiger partial charge < -0.3 is 30.1 Å². The number of methoxy groups -OCH3 is 2. The number of nitrogens with one attached hydrogen (secondary N) is 4. The summed E-state index contributed by atoms with van der Waals surface area (Å²) in [6, 6.07) is 13.9. The predicted octanol–water partition coefficient (Wildman–Crippen LogP) is 7.15. The highest BCUT2D eigenvalue weighted by Gasteiger charge is 2.55. The summed E-state index contributed by atoms with van der Waals surface area (Å²) >= 11 is 0. The van der Waals surface area contributed by atoms with Crippen LogP contribution in [0.1, 0.15) is 103 Å². The maximum atomic E-state index is 13.9. The zero-order valence-electron chi connectivity index (χ0n) is 34.9. The Hall–Kier alpha value is -5.74. The van der Waals surface area contributed by atoms with E-state index in [-0.39, 0.29) is 23.7 Å². The van der Waals surface area contributed by atoms with Crippen LogP contribution in [0.3, 0.4) is 0 Å². The van der Waals surface area contributed by atoms with Gasteiger partial charge in [0.15, 0.2) is 0 Å². The number of nitrogens with zero attached hydrogens (tertiary/aromatic N) is 4. The van der Waals surface area contributed by atoms with Crippen LogP contribution in [0.25, 0.3) is 33.6 Å². The smallest absolute Gasteiger partial charge is 0.407 e. The molecule has 4 amide bonds. The normalized spacial score (nSPS) is 21.1. The molecule has 16 nitrogen and oxygen atoms in total. The van der Waals surface area contributed by atoms with E-state index in [1.54, 1.807) is 12.4 Å². The Kier molecular flexibility index (Phi) is 11.2. The van der Waals surface area contributed by atoms with E-state index >= 15 is 0 Å². The minimum Gasteiger partial charge on any atom is -0.453 e. The fourth-order valence-electron chi connectivity index (χ4n) is 8.70. The molecule has 318 valence electrons. The minimum absolute atomic E-state index is 0.191. The van der Waals surface area contributed by atoms with Gasteiger partial charge in [-0.2, -0.15) is 0 Å². The maximum absolute atomic E-state index is 13.9. The van der Waals surface area contributed by atoms with Crippen molar-refractivity contribution < 1.29 is 38.3 Å². The summed E-state index contributed by atoms with van der Waals surface area (Å²) in [6.45, 7) is 7.48. The van der Waals surface area contributed by atoms with Crippen LogP contribution in [0.2, 0.25) is 0 Å². The Balaban J connectivity index is 0.954. The molecule has 4 aliphatic rings. The summed E-state index contributed by atoms with van der Waals surface area (Å²) in [6.07, 6.45) is 8.95. The van der Waals surface area contributed by atoms with Gasteiger partial charge in [0, 0.05) is 12.8 Å². The fourth-order valence-corrected chi connectivity index (χ4v) is 8.70. The molecule has 4 fully saturated rings. The van der Waals surface area contributed by atoms with Crippen LogP contribution >= 0.6 is 0 Å². The molecule has 4 aromatic rings. The number of carbonyl (C=O) groups excluding carboxylic acids is 4. The average Bonchev–Trinajstić information content (AvgIpc) is 4.05. The Bertz CT molecular complexity index is 2050. The largest absolute Gasteiger partial charge is 0.453 e. The zero-order valence-corrected chi connectivity index (χ0v) is 34.9. The summed E-state index contributed by atoms with van der Waals surface area (Å²) in [5, 5.41) is 8.18. The van der Waals surface area contributed by atoms with Crippen molar-refractivity contribution >= 4 is 24.0 Å². The van der Waals surface area contributed by atoms with E-state index in [0.717, 1.165) is 72.2 Å². The second kappa shape index (κ2) is 16.4. The first-order valence-corrected chi connectivity index (χ1v) is 20.9. The van der Waals surface area contributed by atoms with E-state index in [0.29, 0.717) is 24.5 Å². The van der Waals surface area contributed by atoms with Crippen LogP contribution in [0.15, 0.2) is 60.9 Å². The van der Waals surface area contributed by atoms with E-state index in [2.05, 4.69) is 44.9 Å². The van der Waals surface area contributed by atoms with Crippen molar-refractivity contribution in [1.82, 2.24) is 40.7 Å². The Morgan fingerprint density at radius 3 is 1.28 bits per heavy atom. The third kappa shape index (κ3) is 7.85. The van der Waals surface area contributed by atoms with Gasteiger partial charge in [0.25, 0.3) is 11.8 Å². The molecule has 8 rings (SSSR count). The first kappa shape index (κ1) is 41.0. The van der Waals surface area contributed by atoms with Gasteiger partial charge in [-0.1, -0.05) is 76.2 Å². The van der Waals surface area contributed by atoms with Crippen LogP contribution in [0, 0.1) is 11.8 Å². The van der Waals surface area contributed by atoms with Crippen molar-refractivity contribution in [2.75, 3.05) is 14.2 Å². The number of imidazole rings is 2. The maximum Gasteiger partial charge on any atom is 0.407 e. The molecule has 2 spiro atoms. The Labute approximate surface area is 349 Å². The second-order valence-corrected chi connectivity index (χ2v) is 17.3. The van der Waals surface area contributed by atoms with Gasteiger partial charge >= 0.3 is 12.2 Å². The van der Waals surface area contributed by atoms with Gasteiger partial charge in [-0.25, -0.2) is 29.7 Å². The quantitative estimate of drug-likeness (QED) is 0.121. The number of alkyl carbamates (subject to hydrolysis) is 2. The number of amides is 4. The lowest BCUT2D eigenvalue weighted by Gasteiger charge is -2.37. The third-order valence-corrected chi connectivity index (χ3v) is 12.6. The first-order chi connectivity index (χ1) is 28.8. The van der Waals surface area contributed by atoms with Gasteiger partial charge in [-0.15, -0.1) is 0 Å². The SMILES string of the molecule is COC(=O)NC(C(=O)N1OC2(CCC2)C[C@H]1c1ncc(-c2ccc(-c3ccc(-c4cnc([C@@H]5CC6(CCC6)ON5C(=O)[C@@H](NC(=O)OC)C(C)C)[nH]4)cc3)cc2)[nH]1)C(C)C. The predicted molar refractivity (Wildman–Crippen MR) is 219 cm³/mol. The molecule has 60 heavy (non-hydrogen) atoms. The standard InChI is InChI=1S/C44H54N8O8/c1-25(2)35(49-41(55)57-5)39(53)51-33(21-43(59-51)17-7-18-43)37-45-23-31(47-37)29-13-9-27(10-14-29)28-11-15-30(16-12-28)32-24-46-38(48-32)34-22-44(19-8-20-44)60-52(34)40(54)36(26(3)4)50-42(56)58-6/h9-16,23-26,33-36H,7-8,17-22H2,1-6H3,(H,45,47)(H,46,48)(H,49,55)(H,50,56)/t33-,34-,35-,36?/m0/s1. The lowest BCUT2D eigenvalue weighted by atomic mass is 9.77. The Morgan fingerprint density at radius 1 is 0.633 bits per heavy atom. The number of ether oxygens (including phenoxy) is 2. The number of aromatic amines is 2. The summed E-state index contributed by atoms with van der Waals surface area (Å²) < 4.78 is 9.58. The lowest BCUT2D eigenvalue weighted by molar-refractivity contribution is -0.230. The number of carbonyl (C=O) groups is 4. The monoisotopic (exact) mass is 822 g/mol. The minimum atomic E-state index is -0.820. The van der Waals surface area contributed by atoms with E-state index in [1.807, 2.05) is 52.0 Å². The van der Waals surface area contributed by atoms with Gasteiger partial charge in [0.2, 0.25) is 0 Å². The van der Waals surface area contributed by atoms with Crippen molar-refractivity contribution in [2.45, 2.75) is 114 Å². The molecule has 2 saturated heterocycles. The van der Waals surface area contributed by atoms with Crippen molar-refractivity contribution in [3.63, 3.8) is 0 Å². The third-order valence-electron chi connectivity index (χ3n) is 12.6. The number of hydrogen-bond acceptors (Lipinski definition) is 10. The molecule has 2 aliphatic heterocycles. The highest BCUT2D eigenvalue weighted by atomic mass is 16.7. The molecular weight excluding hydrogens is 769 g/mol. The van der Waals surface area contributed by atoms with Gasteiger partial charge in [-0.3, -0.25) is 19.3 Å². The molecule has 4 N–H and O–H groups in total. The number of hydroxylamine groups is 4. The first-order valence-electron chi connectivity index (χ1n) is 20.9. The van der Waals surface area contributed by atoms with Crippen LogP contribution in [-0.4, -0.2) is 91.6 Å². The van der Waals surface area contributed by atoms with E-state index in [9.17, 15) is 19.2 Å². The highest BCUT2D eigenvalue weighted by molar-refractivity contribution is 5.86. The number of H-pyrrole nitrogens is 2. The van der Waals surface area contributed by atoms with Crippen LogP contribution in [0.5, 0.6) is 0 Å². The van der Waals surface area contributed by atoms with Gasteiger partial charge in [0.1, 0.15) is 35.8 Å². The molecule has 16 heteroatoms. The average molecular weight is 823 g/mol. The number of aromatic nitrogens is 4. The zero-order chi connectivity index (χ0) is 42.3. The number of rotatable bonds is 11. The molecule has 2 aromatic heterocycles. The molecule has 2 aromatic carbocycles. The van der Waals surface area contributed by atoms with Crippen LogP contribution in [-0.2, 0) is 28.7 Å². The molecule has 2 saturated carbocycles. The van der Waals surface area contributed by atoms with E-state index in [1.165, 1.54) is 24.3 Å². The number of hydrogen-bond donors (Lipinski definition) is 4.